The Morgan fingerprint density at radius 1 is 1.69 bits per heavy atom. The number of hydrogen-bond acceptors (Lipinski definition) is 4. The molecule has 1 aromatic rings. The largest absolute Gasteiger partial charge is 0.396 e. The Hall–Kier alpha value is -1.60. The highest BCUT2D eigenvalue weighted by atomic mass is 16.3. The molecule has 1 saturated heterocycles. The van der Waals surface area contributed by atoms with Crippen LogP contribution in [0.3, 0.4) is 0 Å². The van der Waals surface area contributed by atoms with Crippen molar-refractivity contribution in [2.45, 2.75) is 13.3 Å². The lowest BCUT2D eigenvalue weighted by atomic mass is 10.1. The lowest BCUT2D eigenvalue weighted by Crippen LogP contribution is -2.23. The van der Waals surface area contributed by atoms with Crippen LogP contribution in [0.4, 0.5) is 5.82 Å². The third-order valence-electron chi connectivity index (χ3n) is 3.09. The second kappa shape index (κ2) is 4.50. The first-order valence-corrected chi connectivity index (χ1v) is 5.47. The Kier molecular flexibility index (Phi) is 3.07. The van der Waals surface area contributed by atoms with Crippen LogP contribution in [0.25, 0.3) is 0 Å². The summed E-state index contributed by atoms with van der Waals surface area (Å²) in [6, 6.07) is 4.06. The Labute approximate surface area is 95.1 Å². The van der Waals surface area contributed by atoms with Crippen LogP contribution in [-0.2, 0) is 0 Å². The highest BCUT2D eigenvalue weighted by Crippen LogP contribution is 2.25. The van der Waals surface area contributed by atoms with E-state index in [0.717, 1.165) is 30.9 Å². The third kappa shape index (κ3) is 1.86. The van der Waals surface area contributed by atoms with Gasteiger partial charge in [-0.15, -0.1) is 0 Å². The zero-order chi connectivity index (χ0) is 11.5. The lowest BCUT2D eigenvalue weighted by Gasteiger charge is -2.18. The van der Waals surface area contributed by atoms with Gasteiger partial charge in [-0.1, -0.05) is 0 Å². The van der Waals surface area contributed by atoms with E-state index in [9.17, 15) is 0 Å². The molecule has 0 bridgehead atoms. The van der Waals surface area contributed by atoms with Crippen LogP contribution in [-0.4, -0.2) is 29.8 Å². The molecular weight excluding hydrogens is 202 g/mol. The molecule has 0 radical (unpaired) electrons. The number of pyridine rings is 1. The van der Waals surface area contributed by atoms with Gasteiger partial charge in [-0.25, -0.2) is 4.98 Å². The van der Waals surface area contributed by atoms with Crippen LogP contribution in [0.5, 0.6) is 0 Å². The maximum absolute atomic E-state index is 9.12. The summed E-state index contributed by atoms with van der Waals surface area (Å²) in [5.41, 5.74) is 1.61. The first-order valence-electron chi connectivity index (χ1n) is 5.47. The van der Waals surface area contributed by atoms with Gasteiger partial charge in [-0.3, -0.25) is 0 Å². The topological polar surface area (TPSA) is 60.1 Å². The number of aliphatic hydroxyl groups excluding tert-OH is 1. The van der Waals surface area contributed by atoms with Crippen LogP contribution >= 0.6 is 0 Å². The molecule has 1 N–H and O–H groups in total. The van der Waals surface area contributed by atoms with Gasteiger partial charge in [0.2, 0.25) is 0 Å². The molecule has 1 aliphatic rings. The van der Waals surface area contributed by atoms with Crippen molar-refractivity contribution in [2.24, 2.45) is 5.92 Å². The standard InChI is InChI=1S/C12H15N3O/c1-9-2-4-14-12(11(9)6-13)15-5-3-10(7-15)8-16/h2,4,10,16H,3,5,7-8H2,1H3. The second-order valence-corrected chi connectivity index (χ2v) is 4.22. The zero-order valence-corrected chi connectivity index (χ0v) is 9.35. The number of aromatic nitrogens is 1. The van der Waals surface area contributed by atoms with Crippen LogP contribution < -0.4 is 4.90 Å². The molecule has 0 spiro atoms. The van der Waals surface area contributed by atoms with Gasteiger partial charge in [0, 0.05) is 31.8 Å². The van der Waals surface area contributed by atoms with E-state index in [4.69, 9.17) is 10.4 Å². The van der Waals surface area contributed by atoms with E-state index in [1.54, 1.807) is 6.20 Å². The van der Waals surface area contributed by atoms with E-state index in [1.165, 1.54) is 0 Å². The zero-order valence-electron chi connectivity index (χ0n) is 9.35. The predicted octanol–water partition coefficient (Wildman–Crippen LogP) is 1.08. The van der Waals surface area contributed by atoms with Gasteiger partial charge in [0.1, 0.15) is 11.9 Å². The van der Waals surface area contributed by atoms with Crippen LogP contribution in [0, 0.1) is 24.2 Å². The monoisotopic (exact) mass is 217 g/mol. The summed E-state index contributed by atoms with van der Waals surface area (Å²) < 4.78 is 0. The molecule has 0 saturated carbocycles. The number of anilines is 1. The Bertz CT molecular complexity index is 425. The van der Waals surface area contributed by atoms with Gasteiger partial charge >= 0.3 is 0 Å². The molecule has 0 aromatic carbocycles. The van der Waals surface area contributed by atoms with Crippen LogP contribution in [0.1, 0.15) is 17.5 Å². The van der Waals surface area contributed by atoms with E-state index in [-0.39, 0.29) is 6.61 Å². The maximum Gasteiger partial charge on any atom is 0.146 e. The highest BCUT2D eigenvalue weighted by Gasteiger charge is 2.24. The second-order valence-electron chi connectivity index (χ2n) is 4.22. The molecule has 2 heterocycles. The normalized spacial score (nSPS) is 19.8. The van der Waals surface area contributed by atoms with E-state index in [0.29, 0.717) is 11.5 Å². The van der Waals surface area contributed by atoms with Crippen molar-refractivity contribution in [1.29, 1.82) is 5.26 Å². The maximum atomic E-state index is 9.12. The molecule has 1 aromatic heterocycles. The van der Waals surface area contributed by atoms with Crippen molar-refractivity contribution in [3.63, 3.8) is 0 Å². The van der Waals surface area contributed by atoms with Crippen molar-refractivity contribution < 1.29 is 5.11 Å². The molecule has 1 fully saturated rings. The summed E-state index contributed by atoms with van der Waals surface area (Å²) in [4.78, 5) is 6.37. The fourth-order valence-corrected chi connectivity index (χ4v) is 2.10. The fourth-order valence-electron chi connectivity index (χ4n) is 2.10. The fraction of sp³-hybridized carbons (Fsp3) is 0.500. The van der Waals surface area contributed by atoms with Gasteiger partial charge in [-0.2, -0.15) is 5.26 Å². The van der Waals surface area contributed by atoms with Crippen molar-refractivity contribution in [3.8, 4) is 6.07 Å². The molecule has 84 valence electrons. The molecule has 16 heavy (non-hydrogen) atoms. The van der Waals surface area contributed by atoms with Gasteiger partial charge < -0.3 is 10.0 Å². The summed E-state index contributed by atoms with van der Waals surface area (Å²) in [6.07, 6.45) is 2.70. The Morgan fingerprint density at radius 3 is 3.12 bits per heavy atom. The number of hydrogen-bond donors (Lipinski definition) is 1. The first-order chi connectivity index (χ1) is 7.76. The molecule has 1 unspecified atom stereocenters. The van der Waals surface area contributed by atoms with Crippen molar-refractivity contribution in [1.82, 2.24) is 4.98 Å². The van der Waals surface area contributed by atoms with Crippen molar-refractivity contribution in [3.05, 3.63) is 23.4 Å². The minimum Gasteiger partial charge on any atom is -0.396 e. The highest BCUT2D eigenvalue weighted by molar-refractivity contribution is 5.57. The smallest absolute Gasteiger partial charge is 0.146 e. The quantitative estimate of drug-likeness (QED) is 0.805. The van der Waals surface area contributed by atoms with Crippen molar-refractivity contribution in [2.75, 3.05) is 24.6 Å². The number of aryl methyl sites for hydroxylation is 1. The molecule has 4 heteroatoms. The van der Waals surface area contributed by atoms with E-state index in [2.05, 4.69) is 16.0 Å². The summed E-state index contributed by atoms with van der Waals surface area (Å²) in [6.45, 7) is 3.80. The summed E-state index contributed by atoms with van der Waals surface area (Å²) >= 11 is 0. The number of rotatable bonds is 2. The Balaban J connectivity index is 2.28. The van der Waals surface area contributed by atoms with Crippen molar-refractivity contribution >= 4 is 5.82 Å². The van der Waals surface area contributed by atoms with E-state index < -0.39 is 0 Å². The molecular formula is C12H15N3O. The first kappa shape index (κ1) is 10.9. The minimum absolute atomic E-state index is 0.213. The SMILES string of the molecule is Cc1ccnc(N2CCC(CO)C2)c1C#N. The number of nitrogens with zero attached hydrogens (tertiary/aromatic N) is 3. The predicted molar refractivity (Wildman–Crippen MR) is 61.1 cm³/mol. The molecule has 0 amide bonds. The summed E-state index contributed by atoms with van der Waals surface area (Å²) in [7, 11) is 0. The minimum atomic E-state index is 0.213. The summed E-state index contributed by atoms with van der Waals surface area (Å²) in [5.74, 6) is 1.08. The summed E-state index contributed by atoms with van der Waals surface area (Å²) in [5, 5.41) is 18.2. The van der Waals surface area contributed by atoms with Gasteiger partial charge in [0.25, 0.3) is 0 Å². The molecule has 1 atom stereocenters. The van der Waals surface area contributed by atoms with Crippen LogP contribution in [0.15, 0.2) is 12.3 Å². The van der Waals surface area contributed by atoms with Gasteiger partial charge in [0.05, 0.1) is 5.56 Å². The van der Waals surface area contributed by atoms with E-state index in [1.807, 2.05) is 13.0 Å². The average molecular weight is 217 g/mol. The molecule has 4 nitrogen and oxygen atoms in total. The van der Waals surface area contributed by atoms with Gasteiger partial charge in [0.15, 0.2) is 0 Å². The molecule has 1 aliphatic heterocycles. The number of aliphatic hydroxyl groups is 1. The van der Waals surface area contributed by atoms with E-state index >= 15 is 0 Å². The number of nitriles is 1. The Morgan fingerprint density at radius 2 is 2.50 bits per heavy atom. The van der Waals surface area contributed by atoms with Crippen LogP contribution in [0.2, 0.25) is 0 Å². The third-order valence-corrected chi connectivity index (χ3v) is 3.09. The molecule has 2 rings (SSSR count). The lowest BCUT2D eigenvalue weighted by molar-refractivity contribution is 0.238. The molecule has 0 aliphatic carbocycles. The van der Waals surface area contributed by atoms with Gasteiger partial charge in [-0.05, 0) is 25.0 Å². The average Bonchev–Trinajstić information content (AvgIpc) is 2.77.